The number of halogens is 1. The SMILES string of the molecule is CNCCC=CCc1ccc(Cl)cc1. The number of allylic oxidation sites excluding steroid dienone is 1. The molecular formula is C12H16ClN. The lowest BCUT2D eigenvalue weighted by Crippen LogP contribution is -2.05. The highest BCUT2D eigenvalue weighted by atomic mass is 35.5. The lowest BCUT2D eigenvalue weighted by Gasteiger charge is -1.96. The highest BCUT2D eigenvalue weighted by Crippen LogP contribution is 2.10. The van der Waals surface area contributed by atoms with E-state index in [0.29, 0.717) is 0 Å². The predicted octanol–water partition coefficient (Wildman–Crippen LogP) is 3.05. The molecular weight excluding hydrogens is 194 g/mol. The molecule has 0 unspecified atom stereocenters. The van der Waals surface area contributed by atoms with Crippen molar-refractivity contribution in [3.63, 3.8) is 0 Å². The van der Waals surface area contributed by atoms with Crippen LogP contribution in [0.3, 0.4) is 0 Å². The second kappa shape index (κ2) is 6.63. The molecule has 1 aromatic carbocycles. The number of hydrogen-bond donors (Lipinski definition) is 1. The van der Waals surface area contributed by atoms with Crippen molar-refractivity contribution in [2.75, 3.05) is 13.6 Å². The van der Waals surface area contributed by atoms with Crippen LogP contribution in [-0.4, -0.2) is 13.6 Å². The van der Waals surface area contributed by atoms with Crippen molar-refractivity contribution >= 4 is 11.6 Å². The minimum Gasteiger partial charge on any atom is -0.319 e. The van der Waals surface area contributed by atoms with Gasteiger partial charge in [-0.1, -0.05) is 35.9 Å². The summed E-state index contributed by atoms with van der Waals surface area (Å²) in [6.45, 7) is 1.04. The Bertz CT molecular complexity index is 277. The van der Waals surface area contributed by atoms with E-state index < -0.39 is 0 Å². The first-order valence-electron chi connectivity index (χ1n) is 4.87. The van der Waals surface area contributed by atoms with E-state index in [1.165, 1.54) is 5.56 Å². The van der Waals surface area contributed by atoms with Gasteiger partial charge in [0.15, 0.2) is 0 Å². The molecule has 0 fully saturated rings. The van der Waals surface area contributed by atoms with Gasteiger partial charge in [0.25, 0.3) is 0 Å². The molecule has 1 nitrogen and oxygen atoms in total. The molecule has 0 aliphatic rings. The topological polar surface area (TPSA) is 12.0 Å². The molecule has 0 atom stereocenters. The summed E-state index contributed by atoms with van der Waals surface area (Å²) in [6, 6.07) is 7.98. The van der Waals surface area contributed by atoms with Crippen molar-refractivity contribution in [1.82, 2.24) is 5.32 Å². The number of hydrogen-bond acceptors (Lipinski definition) is 1. The molecule has 1 N–H and O–H groups in total. The van der Waals surface area contributed by atoms with Crippen molar-refractivity contribution < 1.29 is 0 Å². The monoisotopic (exact) mass is 209 g/mol. The maximum absolute atomic E-state index is 5.79. The average Bonchev–Trinajstić information content (AvgIpc) is 2.21. The summed E-state index contributed by atoms with van der Waals surface area (Å²) in [5.41, 5.74) is 1.30. The van der Waals surface area contributed by atoms with E-state index in [2.05, 4.69) is 29.6 Å². The van der Waals surface area contributed by atoms with Gasteiger partial charge in [0.2, 0.25) is 0 Å². The molecule has 0 amide bonds. The summed E-state index contributed by atoms with van der Waals surface area (Å²) < 4.78 is 0. The van der Waals surface area contributed by atoms with E-state index in [4.69, 9.17) is 11.6 Å². The summed E-state index contributed by atoms with van der Waals surface area (Å²) in [7, 11) is 1.97. The Kier molecular flexibility index (Phi) is 5.35. The van der Waals surface area contributed by atoms with Gasteiger partial charge in [0, 0.05) is 5.02 Å². The minimum atomic E-state index is 0.799. The van der Waals surface area contributed by atoms with E-state index in [1.54, 1.807) is 0 Å². The fraction of sp³-hybridized carbons (Fsp3) is 0.333. The molecule has 0 radical (unpaired) electrons. The third-order valence-corrected chi connectivity index (χ3v) is 2.25. The van der Waals surface area contributed by atoms with Crippen LogP contribution in [0.1, 0.15) is 12.0 Å². The molecule has 0 saturated heterocycles. The highest BCUT2D eigenvalue weighted by molar-refractivity contribution is 6.30. The second-order valence-electron chi connectivity index (χ2n) is 3.19. The van der Waals surface area contributed by atoms with Crippen LogP contribution in [0.4, 0.5) is 0 Å². The van der Waals surface area contributed by atoms with E-state index in [9.17, 15) is 0 Å². The number of nitrogens with one attached hydrogen (secondary N) is 1. The zero-order valence-electron chi connectivity index (χ0n) is 8.46. The van der Waals surface area contributed by atoms with E-state index in [-0.39, 0.29) is 0 Å². The molecule has 0 aromatic heterocycles. The van der Waals surface area contributed by atoms with Crippen molar-refractivity contribution in [3.05, 3.63) is 47.0 Å². The largest absolute Gasteiger partial charge is 0.319 e. The standard InChI is InChI=1S/C12H16ClN/c1-14-10-4-2-3-5-11-6-8-12(13)9-7-11/h2-3,6-9,14H,4-5,10H2,1H3. The highest BCUT2D eigenvalue weighted by Gasteiger charge is 1.89. The molecule has 0 spiro atoms. The summed E-state index contributed by atoms with van der Waals surface area (Å²) >= 11 is 5.79. The van der Waals surface area contributed by atoms with Gasteiger partial charge in [-0.15, -0.1) is 0 Å². The number of rotatable bonds is 5. The van der Waals surface area contributed by atoms with Crippen molar-refractivity contribution in [2.45, 2.75) is 12.8 Å². The number of benzene rings is 1. The van der Waals surface area contributed by atoms with Crippen LogP contribution < -0.4 is 5.32 Å². The smallest absolute Gasteiger partial charge is 0.0406 e. The predicted molar refractivity (Wildman–Crippen MR) is 62.8 cm³/mol. The summed E-state index contributed by atoms with van der Waals surface area (Å²) in [6.07, 6.45) is 6.47. The van der Waals surface area contributed by atoms with Gasteiger partial charge >= 0.3 is 0 Å². The van der Waals surface area contributed by atoms with Gasteiger partial charge in [0.05, 0.1) is 0 Å². The minimum absolute atomic E-state index is 0.799. The summed E-state index contributed by atoms with van der Waals surface area (Å²) in [5, 5.41) is 3.90. The molecule has 0 aliphatic carbocycles. The van der Waals surface area contributed by atoms with E-state index >= 15 is 0 Å². The van der Waals surface area contributed by atoms with Crippen LogP contribution in [0.25, 0.3) is 0 Å². The van der Waals surface area contributed by atoms with Crippen LogP contribution in [0, 0.1) is 0 Å². The summed E-state index contributed by atoms with van der Waals surface area (Å²) in [4.78, 5) is 0. The Labute approximate surface area is 90.8 Å². The first kappa shape index (κ1) is 11.3. The molecule has 76 valence electrons. The van der Waals surface area contributed by atoms with Gasteiger partial charge in [-0.2, -0.15) is 0 Å². The normalized spacial score (nSPS) is 11.0. The van der Waals surface area contributed by atoms with Gasteiger partial charge in [-0.05, 0) is 44.1 Å². The van der Waals surface area contributed by atoms with Crippen LogP contribution >= 0.6 is 11.6 Å². The van der Waals surface area contributed by atoms with Crippen molar-refractivity contribution in [1.29, 1.82) is 0 Å². The maximum atomic E-state index is 5.79. The molecule has 1 aromatic rings. The quantitative estimate of drug-likeness (QED) is 0.581. The summed E-state index contributed by atoms with van der Waals surface area (Å²) in [5.74, 6) is 0. The molecule has 1 rings (SSSR count). The molecule has 14 heavy (non-hydrogen) atoms. The van der Waals surface area contributed by atoms with E-state index in [1.807, 2.05) is 19.2 Å². The fourth-order valence-corrected chi connectivity index (χ4v) is 1.31. The third kappa shape index (κ3) is 4.45. The first-order chi connectivity index (χ1) is 6.83. The zero-order chi connectivity index (χ0) is 10.2. The van der Waals surface area contributed by atoms with Crippen LogP contribution in [0.5, 0.6) is 0 Å². The molecule has 2 heteroatoms. The Hall–Kier alpha value is -0.790. The first-order valence-corrected chi connectivity index (χ1v) is 5.25. The van der Waals surface area contributed by atoms with Crippen molar-refractivity contribution in [2.24, 2.45) is 0 Å². The Morgan fingerprint density at radius 3 is 2.57 bits per heavy atom. The zero-order valence-corrected chi connectivity index (χ0v) is 9.22. The lowest BCUT2D eigenvalue weighted by molar-refractivity contribution is 0.806. The Morgan fingerprint density at radius 2 is 1.93 bits per heavy atom. The Balaban J connectivity index is 2.30. The molecule has 0 heterocycles. The van der Waals surface area contributed by atoms with Gasteiger partial charge in [-0.3, -0.25) is 0 Å². The van der Waals surface area contributed by atoms with Gasteiger partial charge in [-0.25, -0.2) is 0 Å². The Morgan fingerprint density at radius 1 is 1.21 bits per heavy atom. The van der Waals surface area contributed by atoms with Crippen LogP contribution in [0.15, 0.2) is 36.4 Å². The maximum Gasteiger partial charge on any atom is 0.0406 e. The van der Waals surface area contributed by atoms with E-state index in [0.717, 1.165) is 24.4 Å². The van der Waals surface area contributed by atoms with Crippen molar-refractivity contribution in [3.8, 4) is 0 Å². The van der Waals surface area contributed by atoms with Gasteiger partial charge < -0.3 is 5.32 Å². The fourth-order valence-electron chi connectivity index (χ4n) is 1.19. The van der Waals surface area contributed by atoms with Crippen LogP contribution in [-0.2, 0) is 6.42 Å². The molecule has 0 aliphatic heterocycles. The molecule has 0 saturated carbocycles. The lowest BCUT2D eigenvalue weighted by atomic mass is 10.1. The second-order valence-corrected chi connectivity index (χ2v) is 3.63. The molecule has 0 bridgehead atoms. The average molecular weight is 210 g/mol. The van der Waals surface area contributed by atoms with Crippen LogP contribution in [0.2, 0.25) is 5.02 Å². The van der Waals surface area contributed by atoms with Gasteiger partial charge in [0.1, 0.15) is 0 Å². The third-order valence-electron chi connectivity index (χ3n) is 1.99.